The molecule has 0 unspecified atom stereocenters. The molecule has 0 aliphatic carbocycles. The van der Waals surface area contributed by atoms with Crippen molar-refractivity contribution in [3.8, 4) is 39.5 Å². The Kier molecular flexibility index (Phi) is 3.89. The van der Waals surface area contributed by atoms with Crippen molar-refractivity contribution in [2.24, 2.45) is 0 Å². The van der Waals surface area contributed by atoms with E-state index in [4.69, 9.17) is 4.42 Å². The maximum atomic E-state index is 11.2. The van der Waals surface area contributed by atoms with E-state index in [9.17, 15) is 15.3 Å². The van der Waals surface area contributed by atoms with Crippen LogP contribution < -0.4 is 0 Å². The topological polar surface area (TPSA) is 73.8 Å². The fourth-order valence-corrected chi connectivity index (χ4v) is 4.57. The Bertz CT molecular complexity index is 1630. The number of phenolic OH excluding ortho intramolecular Hbond substituents is 3. The van der Waals surface area contributed by atoms with Gasteiger partial charge in [-0.25, -0.2) is 0 Å². The Labute approximate surface area is 183 Å². The Hall–Kier alpha value is -4.44. The van der Waals surface area contributed by atoms with Gasteiger partial charge in [0.15, 0.2) is 22.8 Å². The Morgan fingerprint density at radius 2 is 1.03 bits per heavy atom. The molecule has 0 fully saturated rings. The van der Waals surface area contributed by atoms with Crippen LogP contribution in [-0.2, 0) is 0 Å². The molecule has 0 saturated carbocycles. The van der Waals surface area contributed by atoms with Gasteiger partial charge in [0.05, 0.1) is 0 Å². The summed E-state index contributed by atoms with van der Waals surface area (Å²) in [5, 5.41) is 35.8. The number of phenols is 3. The lowest BCUT2D eigenvalue weighted by Crippen LogP contribution is -1.90. The highest BCUT2D eigenvalue weighted by Crippen LogP contribution is 2.52. The average molecular weight is 418 g/mol. The summed E-state index contributed by atoms with van der Waals surface area (Å²) in [5.74, 6) is -0.333. The lowest BCUT2D eigenvalue weighted by molar-refractivity contribution is 0.407. The summed E-state index contributed by atoms with van der Waals surface area (Å²) in [4.78, 5) is 0. The van der Waals surface area contributed by atoms with E-state index in [0.717, 1.165) is 27.3 Å². The molecule has 1 aromatic heterocycles. The van der Waals surface area contributed by atoms with Gasteiger partial charge in [-0.3, -0.25) is 0 Å². The van der Waals surface area contributed by atoms with E-state index in [2.05, 4.69) is 0 Å². The predicted molar refractivity (Wildman–Crippen MR) is 127 cm³/mol. The van der Waals surface area contributed by atoms with Crippen molar-refractivity contribution in [1.29, 1.82) is 0 Å². The highest BCUT2D eigenvalue weighted by molar-refractivity contribution is 6.24. The molecule has 154 valence electrons. The molecule has 6 aromatic rings. The largest absolute Gasteiger partial charge is 0.504 e. The summed E-state index contributed by atoms with van der Waals surface area (Å²) < 4.78 is 6.20. The first-order chi connectivity index (χ1) is 15.6. The molecule has 0 amide bonds. The van der Waals surface area contributed by atoms with Gasteiger partial charge in [-0.05, 0) is 28.6 Å². The predicted octanol–water partition coefficient (Wildman–Crippen LogP) is 7.19. The van der Waals surface area contributed by atoms with Crippen molar-refractivity contribution < 1.29 is 19.7 Å². The second-order valence-electron chi connectivity index (χ2n) is 7.80. The minimum absolute atomic E-state index is 0.0550. The zero-order valence-corrected chi connectivity index (χ0v) is 16.9. The summed E-state index contributed by atoms with van der Waals surface area (Å²) in [6.07, 6.45) is 0. The van der Waals surface area contributed by atoms with Gasteiger partial charge in [-0.1, -0.05) is 78.9 Å². The van der Waals surface area contributed by atoms with Crippen molar-refractivity contribution >= 4 is 32.7 Å². The third-order valence-corrected chi connectivity index (χ3v) is 5.99. The standard InChI is InChI=1S/C28H18O4/c29-21-13-7-12-18-19-14-15-20-22(16-8-3-1-4-9-16)25(30)26(31)23(17-10-5-2-6-11-17)24(20)28(19)32-27(18)21/h1-15,29-31H. The fourth-order valence-electron chi connectivity index (χ4n) is 4.57. The maximum absolute atomic E-state index is 11.2. The van der Waals surface area contributed by atoms with Crippen molar-refractivity contribution in [2.45, 2.75) is 0 Å². The Balaban J connectivity index is 1.88. The molecule has 0 radical (unpaired) electrons. The number of aromatic hydroxyl groups is 3. The van der Waals surface area contributed by atoms with Crippen LogP contribution in [0.5, 0.6) is 17.2 Å². The monoisotopic (exact) mass is 418 g/mol. The van der Waals surface area contributed by atoms with Crippen molar-refractivity contribution in [3.63, 3.8) is 0 Å². The van der Waals surface area contributed by atoms with Gasteiger partial charge in [0.2, 0.25) is 0 Å². The first-order valence-corrected chi connectivity index (χ1v) is 10.3. The van der Waals surface area contributed by atoms with Crippen LogP contribution >= 0.6 is 0 Å². The molecule has 0 saturated heterocycles. The summed E-state index contributed by atoms with van der Waals surface area (Å²) in [6.45, 7) is 0. The van der Waals surface area contributed by atoms with Gasteiger partial charge >= 0.3 is 0 Å². The summed E-state index contributed by atoms with van der Waals surface area (Å²) in [5.41, 5.74) is 3.49. The number of benzene rings is 5. The molecule has 32 heavy (non-hydrogen) atoms. The highest BCUT2D eigenvalue weighted by atomic mass is 16.4. The number of furan rings is 1. The maximum Gasteiger partial charge on any atom is 0.177 e. The quantitative estimate of drug-likeness (QED) is 0.260. The smallest absolute Gasteiger partial charge is 0.177 e. The zero-order valence-electron chi connectivity index (χ0n) is 16.9. The van der Waals surface area contributed by atoms with E-state index in [1.54, 1.807) is 12.1 Å². The number of hydrogen-bond donors (Lipinski definition) is 3. The fraction of sp³-hybridized carbons (Fsp3) is 0. The second-order valence-corrected chi connectivity index (χ2v) is 7.80. The third-order valence-electron chi connectivity index (χ3n) is 5.99. The molecule has 4 nitrogen and oxygen atoms in total. The molecule has 5 aromatic carbocycles. The summed E-state index contributed by atoms with van der Waals surface area (Å²) >= 11 is 0. The lowest BCUT2D eigenvalue weighted by atomic mass is 9.89. The minimum atomic E-state index is -0.209. The molecule has 4 heteroatoms. The van der Waals surface area contributed by atoms with Crippen molar-refractivity contribution in [2.75, 3.05) is 0 Å². The van der Waals surface area contributed by atoms with Crippen LogP contribution in [0.15, 0.2) is 95.4 Å². The first kappa shape index (κ1) is 18.3. The van der Waals surface area contributed by atoms with E-state index >= 15 is 0 Å². The number of fused-ring (bicyclic) bond motifs is 5. The van der Waals surface area contributed by atoms with E-state index < -0.39 is 0 Å². The van der Waals surface area contributed by atoms with E-state index in [-0.39, 0.29) is 17.2 Å². The molecule has 0 aliphatic rings. The van der Waals surface area contributed by atoms with Crippen molar-refractivity contribution in [1.82, 2.24) is 0 Å². The molecule has 6 rings (SSSR count). The van der Waals surface area contributed by atoms with E-state index in [1.165, 1.54) is 0 Å². The number of hydrogen-bond acceptors (Lipinski definition) is 4. The first-order valence-electron chi connectivity index (χ1n) is 10.3. The van der Waals surface area contributed by atoms with Crippen LogP contribution in [0.2, 0.25) is 0 Å². The SMILES string of the molecule is Oc1c(O)c(-c2ccccc2)c2c(ccc3c4cccc(O)c4oc32)c1-c1ccccc1. The van der Waals surface area contributed by atoms with Gasteiger partial charge in [0.25, 0.3) is 0 Å². The second kappa shape index (κ2) is 6.79. The molecule has 0 aliphatic heterocycles. The van der Waals surface area contributed by atoms with Crippen molar-refractivity contribution in [3.05, 3.63) is 91.0 Å². The van der Waals surface area contributed by atoms with Crippen LogP contribution in [0, 0.1) is 0 Å². The van der Waals surface area contributed by atoms with Gasteiger partial charge in [-0.15, -0.1) is 0 Å². The molecule has 0 spiro atoms. The molecular formula is C28H18O4. The molecule has 0 bridgehead atoms. The molecule has 3 N–H and O–H groups in total. The summed E-state index contributed by atoms with van der Waals surface area (Å²) in [7, 11) is 0. The van der Waals surface area contributed by atoms with Gasteiger partial charge in [0.1, 0.15) is 5.58 Å². The lowest BCUT2D eigenvalue weighted by Gasteiger charge is -2.17. The number of para-hydroxylation sites is 1. The van der Waals surface area contributed by atoms with Gasteiger partial charge in [-0.2, -0.15) is 0 Å². The number of rotatable bonds is 2. The molecule has 1 heterocycles. The van der Waals surface area contributed by atoms with Crippen LogP contribution in [0.1, 0.15) is 0 Å². The highest BCUT2D eigenvalue weighted by Gasteiger charge is 2.24. The molecular weight excluding hydrogens is 400 g/mol. The third kappa shape index (κ3) is 2.50. The van der Waals surface area contributed by atoms with E-state index in [1.807, 2.05) is 78.9 Å². The Morgan fingerprint density at radius 3 is 1.72 bits per heavy atom. The average Bonchev–Trinajstić information content (AvgIpc) is 3.22. The zero-order chi connectivity index (χ0) is 21.8. The van der Waals surface area contributed by atoms with Crippen LogP contribution in [0.4, 0.5) is 0 Å². The van der Waals surface area contributed by atoms with E-state index in [0.29, 0.717) is 27.7 Å². The summed E-state index contributed by atoms with van der Waals surface area (Å²) in [6, 6.07) is 28.0. The minimum Gasteiger partial charge on any atom is -0.504 e. The van der Waals surface area contributed by atoms with Gasteiger partial charge < -0.3 is 19.7 Å². The van der Waals surface area contributed by atoms with Gasteiger partial charge in [0, 0.05) is 27.3 Å². The normalized spacial score (nSPS) is 11.5. The Morgan fingerprint density at radius 1 is 0.469 bits per heavy atom. The molecule has 0 atom stereocenters. The van der Waals surface area contributed by atoms with Crippen LogP contribution in [0.3, 0.4) is 0 Å². The van der Waals surface area contributed by atoms with Crippen LogP contribution in [-0.4, -0.2) is 15.3 Å². The van der Waals surface area contributed by atoms with Crippen LogP contribution in [0.25, 0.3) is 55.0 Å².